The van der Waals surface area contributed by atoms with Crippen molar-refractivity contribution in [3.63, 3.8) is 0 Å². The van der Waals surface area contributed by atoms with Gasteiger partial charge in [0.2, 0.25) is 0 Å². The smallest absolute Gasteiger partial charge is 0.185 e. The highest BCUT2D eigenvalue weighted by Crippen LogP contribution is 2.23. The van der Waals surface area contributed by atoms with Crippen molar-refractivity contribution in [1.29, 1.82) is 0 Å². The molecule has 0 saturated carbocycles. The largest absolute Gasteiger partial charge is 0.493 e. The van der Waals surface area contributed by atoms with Crippen LogP contribution in [0.3, 0.4) is 0 Å². The Hall–Kier alpha value is -2.42. The van der Waals surface area contributed by atoms with Crippen molar-refractivity contribution in [3.05, 3.63) is 71.6 Å². The summed E-state index contributed by atoms with van der Waals surface area (Å²) in [4.78, 5) is 11.9. The Labute approximate surface area is 111 Å². The van der Waals surface area contributed by atoms with Gasteiger partial charge in [-0.1, -0.05) is 42.5 Å². The van der Waals surface area contributed by atoms with Crippen LogP contribution in [0.15, 0.2) is 54.6 Å². The third-order valence-corrected chi connectivity index (χ3v) is 2.67. The Bertz CT molecular complexity index is 603. The minimum Gasteiger partial charge on any atom is -0.493 e. The van der Waals surface area contributed by atoms with Crippen LogP contribution in [0.25, 0.3) is 6.08 Å². The van der Waals surface area contributed by atoms with E-state index in [1.54, 1.807) is 42.5 Å². The number of benzene rings is 2. The highest BCUT2D eigenvalue weighted by molar-refractivity contribution is 6.06. The van der Waals surface area contributed by atoms with Gasteiger partial charge in [-0.15, -0.1) is 0 Å². The number of rotatable bonds is 4. The first kappa shape index (κ1) is 13.0. The summed E-state index contributed by atoms with van der Waals surface area (Å²) in [5.41, 5.74) is 1.13. The fourth-order valence-electron chi connectivity index (χ4n) is 1.74. The topological polar surface area (TPSA) is 26.3 Å². The van der Waals surface area contributed by atoms with Gasteiger partial charge in [-0.3, -0.25) is 4.79 Å². The predicted octanol–water partition coefficient (Wildman–Crippen LogP) is 3.73. The predicted molar refractivity (Wildman–Crippen MR) is 72.8 cm³/mol. The zero-order chi connectivity index (χ0) is 13.7. The Morgan fingerprint density at radius 2 is 1.84 bits per heavy atom. The summed E-state index contributed by atoms with van der Waals surface area (Å²) in [7, 11) is 1.40. The van der Waals surface area contributed by atoms with E-state index in [1.165, 1.54) is 19.3 Å². The summed E-state index contributed by atoms with van der Waals surface area (Å²) in [6.45, 7) is 0. The van der Waals surface area contributed by atoms with E-state index in [2.05, 4.69) is 0 Å². The number of para-hydroxylation sites is 1. The van der Waals surface area contributed by atoms with Crippen molar-refractivity contribution < 1.29 is 13.9 Å². The number of hydrogen-bond acceptors (Lipinski definition) is 2. The second kappa shape index (κ2) is 5.96. The summed E-state index contributed by atoms with van der Waals surface area (Å²) < 4.78 is 18.4. The standard InChI is InChI=1S/C16H13FO2/c1-19-16-13(8-5-9-14(16)17)10-11-15(18)12-6-3-2-4-7-12/h2-11H,1H3/b11-10+. The van der Waals surface area contributed by atoms with Crippen LogP contribution in [0.2, 0.25) is 0 Å². The Morgan fingerprint density at radius 3 is 2.53 bits per heavy atom. The van der Waals surface area contributed by atoms with Gasteiger partial charge in [-0.05, 0) is 18.2 Å². The molecule has 0 N–H and O–H groups in total. The van der Waals surface area contributed by atoms with Crippen LogP contribution in [0.4, 0.5) is 4.39 Å². The normalized spacial score (nSPS) is 10.6. The average Bonchev–Trinajstić information content (AvgIpc) is 2.45. The highest BCUT2D eigenvalue weighted by atomic mass is 19.1. The van der Waals surface area contributed by atoms with E-state index < -0.39 is 5.82 Å². The van der Waals surface area contributed by atoms with E-state index in [0.717, 1.165) is 0 Å². The molecule has 0 unspecified atom stereocenters. The van der Waals surface area contributed by atoms with Crippen LogP contribution in [-0.2, 0) is 0 Å². The zero-order valence-electron chi connectivity index (χ0n) is 10.5. The van der Waals surface area contributed by atoms with Crippen LogP contribution >= 0.6 is 0 Å². The molecule has 96 valence electrons. The molecule has 0 amide bonds. The number of halogens is 1. The average molecular weight is 256 g/mol. The van der Waals surface area contributed by atoms with E-state index >= 15 is 0 Å². The lowest BCUT2D eigenvalue weighted by Gasteiger charge is -2.05. The second-order valence-electron chi connectivity index (χ2n) is 3.93. The van der Waals surface area contributed by atoms with Crippen LogP contribution in [0.1, 0.15) is 15.9 Å². The first-order valence-electron chi connectivity index (χ1n) is 5.82. The molecule has 2 aromatic carbocycles. The van der Waals surface area contributed by atoms with E-state index in [0.29, 0.717) is 11.1 Å². The van der Waals surface area contributed by atoms with Crippen LogP contribution in [0.5, 0.6) is 5.75 Å². The lowest BCUT2D eigenvalue weighted by atomic mass is 10.1. The van der Waals surface area contributed by atoms with Gasteiger partial charge in [-0.2, -0.15) is 0 Å². The fraction of sp³-hybridized carbons (Fsp3) is 0.0625. The molecular formula is C16H13FO2. The number of hydrogen-bond donors (Lipinski definition) is 0. The molecule has 0 aliphatic rings. The van der Waals surface area contributed by atoms with E-state index in [1.807, 2.05) is 6.07 Å². The molecule has 3 heteroatoms. The first-order valence-corrected chi connectivity index (χ1v) is 5.82. The molecule has 0 aliphatic carbocycles. The molecule has 0 fully saturated rings. The maximum absolute atomic E-state index is 13.5. The van der Waals surface area contributed by atoms with Gasteiger partial charge >= 0.3 is 0 Å². The van der Waals surface area contributed by atoms with Crippen LogP contribution in [-0.4, -0.2) is 12.9 Å². The van der Waals surface area contributed by atoms with Crippen molar-refractivity contribution >= 4 is 11.9 Å². The molecule has 0 radical (unpaired) electrons. The number of allylic oxidation sites excluding steroid dienone is 1. The van der Waals surface area contributed by atoms with Crippen molar-refractivity contribution in [3.8, 4) is 5.75 Å². The van der Waals surface area contributed by atoms with Gasteiger partial charge in [0.05, 0.1) is 7.11 Å². The maximum Gasteiger partial charge on any atom is 0.185 e. The lowest BCUT2D eigenvalue weighted by Crippen LogP contribution is -1.94. The summed E-state index contributed by atoms with van der Waals surface area (Å²) in [6, 6.07) is 13.5. The molecule has 0 heterocycles. The van der Waals surface area contributed by atoms with Crippen molar-refractivity contribution in [2.75, 3.05) is 7.11 Å². The Kier molecular flexibility index (Phi) is 4.08. The summed E-state index contributed by atoms with van der Waals surface area (Å²) in [5.74, 6) is -0.441. The number of ketones is 1. The van der Waals surface area contributed by atoms with Crippen molar-refractivity contribution in [2.24, 2.45) is 0 Å². The Morgan fingerprint density at radius 1 is 1.11 bits per heavy atom. The minimum absolute atomic E-state index is 0.132. The molecule has 0 aliphatic heterocycles. The fourth-order valence-corrected chi connectivity index (χ4v) is 1.74. The van der Waals surface area contributed by atoms with Gasteiger partial charge in [0, 0.05) is 11.1 Å². The molecule has 2 nitrogen and oxygen atoms in total. The highest BCUT2D eigenvalue weighted by Gasteiger charge is 2.06. The molecule has 0 spiro atoms. The molecular weight excluding hydrogens is 243 g/mol. The molecule has 0 saturated heterocycles. The quantitative estimate of drug-likeness (QED) is 0.615. The first-order chi connectivity index (χ1) is 9.22. The molecule has 2 aromatic rings. The second-order valence-corrected chi connectivity index (χ2v) is 3.93. The molecule has 0 bridgehead atoms. The number of carbonyl (C=O) groups is 1. The summed E-state index contributed by atoms with van der Waals surface area (Å²) in [6.07, 6.45) is 2.96. The van der Waals surface area contributed by atoms with E-state index in [9.17, 15) is 9.18 Å². The summed E-state index contributed by atoms with van der Waals surface area (Å²) in [5, 5.41) is 0. The number of carbonyl (C=O) groups excluding carboxylic acids is 1. The maximum atomic E-state index is 13.5. The van der Waals surface area contributed by atoms with E-state index in [4.69, 9.17) is 4.74 Å². The Balaban J connectivity index is 2.24. The van der Waals surface area contributed by atoms with Gasteiger partial charge in [0.25, 0.3) is 0 Å². The minimum atomic E-state index is -0.447. The summed E-state index contributed by atoms with van der Waals surface area (Å²) >= 11 is 0. The molecule has 0 aromatic heterocycles. The van der Waals surface area contributed by atoms with Gasteiger partial charge in [-0.25, -0.2) is 4.39 Å². The third-order valence-electron chi connectivity index (χ3n) is 2.67. The van der Waals surface area contributed by atoms with Gasteiger partial charge in [0.1, 0.15) is 0 Å². The molecule has 2 rings (SSSR count). The monoisotopic (exact) mass is 256 g/mol. The number of ether oxygens (including phenoxy) is 1. The SMILES string of the molecule is COc1c(F)cccc1/C=C/C(=O)c1ccccc1. The van der Waals surface area contributed by atoms with Crippen LogP contribution in [0, 0.1) is 5.82 Å². The van der Waals surface area contributed by atoms with Crippen LogP contribution < -0.4 is 4.74 Å². The van der Waals surface area contributed by atoms with Gasteiger partial charge < -0.3 is 4.74 Å². The third kappa shape index (κ3) is 3.07. The molecule has 0 atom stereocenters. The van der Waals surface area contributed by atoms with Crippen molar-refractivity contribution in [1.82, 2.24) is 0 Å². The van der Waals surface area contributed by atoms with Crippen molar-refractivity contribution in [2.45, 2.75) is 0 Å². The zero-order valence-corrected chi connectivity index (χ0v) is 10.5. The van der Waals surface area contributed by atoms with Gasteiger partial charge in [0.15, 0.2) is 17.3 Å². The molecule has 19 heavy (non-hydrogen) atoms. The lowest BCUT2D eigenvalue weighted by molar-refractivity contribution is 0.104. The number of methoxy groups -OCH3 is 1. The van der Waals surface area contributed by atoms with E-state index in [-0.39, 0.29) is 11.5 Å².